The van der Waals surface area contributed by atoms with Crippen molar-refractivity contribution in [2.75, 3.05) is 35.7 Å². The standard InChI is InChI=1S/C14H19ClN2O5S2/c1-16(13-7-8-24(21,22)10-13)14(18)9-17(23(2,19)20)12-5-3-11(15)4-6-12/h3-6,13H,7-10H2,1-2H3. The molecule has 0 aliphatic carbocycles. The normalized spacial score (nSPS) is 19.9. The molecular weight excluding hydrogens is 376 g/mol. The number of amides is 1. The number of sulfone groups is 1. The summed E-state index contributed by atoms with van der Waals surface area (Å²) in [7, 11) is -5.31. The second-order valence-corrected chi connectivity index (χ2v) is 10.4. The number of hydrogen-bond acceptors (Lipinski definition) is 5. The maximum atomic E-state index is 12.4. The highest BCUT2D eigenvalue weighted by atomic mass is 35.5. The molecule has 0 saturated carbocycles. The molecule has 24 heavy (non-hydrogen) atoms. The highest BCUT2D eigenvalue weighted by molar-refractivity contribution is 7.92. The fourth-order valence-corrected chi connectivity index (χ4v) is 5.28. The average Bonchev–Trinajstić information content (AvgIpc) is 2.84. The quantitative estimate of drug-likeness (QED) is 0.734. The summed E-state index contributed by atoms with van der Waals surface area (Å²) in [5.41, 5.74) is 0.322. The van der Waals surface area contributed by atoms with Crippen LogP contribution in [-0.4, -0.2) is 65.0 Å². The molecule has 1 aliphatic heterocycles. The number of rotatable bonds is 5. The van der Waals surface area contributed by atoms with Crippen molar-refractivity contribution in [3.05, 3.63) is 29.3 Å². The van der Waals surface area contributed by atoms with Crippen LogP contribution in [-0.2, 0) is 24.7 Å². The van der Waals surface area contributed by atoms with E-state index in [0.29, 0.717) is 17.1 Å². The number of carbonyl (C=O) groups is 1. The Morgan fingerprint density at radius 3 is 2.33 bits per heavy atom. The molecule has 10 heteroatoms. The predicted octanol–water partition coefficient (Wildman–Crippen LogP) is 0.752. The summed E-state index contributed by atoms with van der Waals surface area (Å²) in [6.45, 7) is -0.395. The summed E-state index contributed by atoms with van der Waals surface area (Å²) in [6, 6.07) is 5.67. The fraction of sp³-hybridized carbons (Fsp3) is 0.500. The number of halogens is 1. The van der Waals surface area contributed by atoms with E-state index in [1.165, 1.54) is 36.2 Å². The van der Waals surface area contributed by atoms with Gasteiger partial charge in [-0.1, -0.05) is 11.6 Å². The zero-order valence-electron chi connectivity index (χ0n) is 13.3. The molecule has 1 amide bonds. The molecule has 1 aliphatic rings. The monoisotopic (exact) mass is 394 g/mol. The summed E-state index contributed by atoms with van der Waals surface area (Å²) >= 11 is 5.80. The number of benzene rings is 1. The lowest BCUT2D eigenvalue weighted by Gasteiger charge is -2.28. The van der Waals surface area contributed by atoms with E-state index in [9.17, 15) is 21.6 Å². The number of carbonyl (C=O) groups excluding carboxylic acids is 1. The van der Waals surface area contributed by atoms with Gasteiger partial charge >= 0.3 is 0 Å². The van der Waals surface area contributed by atoms with Gasteiger partial charge in [0.2, 0.25) is 15.9 Å². The SMILES string of the molecule is CN(C(=O)CN(c1ccc(Cl)cc1)S(C)(=O)=O)C1CCS(=O)(=O)C1. The third kappa shape index (κ3) is 4.61. The lowest BCUT2D eigenvalue weighted by atomic mass is 10.2. The van der Waals surface area contributed by atoms with E-state index in [4.69, 9.17) is 11.6 Å². The lowest BCUT2D eigenvalue weighted by Crippen LogP contribution is -2.45. The molecule has 0 bridgehead atoms. The first kappa shape index (κ1) is 19.0. The lowest BCUT2D eigenvalue weighted by molar-refractivity contribution is -0.129. The Balaban J connectivity index is 2.18. The first-order valence-corrected chi connectivity index (χ1v) is 11.2. The molecule has 0 aromatic heterocycles. The maximum Gasteiger partial charge on any atom is 0.243 e. The minimum Gasteiger partial charge on any atom is -0.340 e. The van der Waals surface area contributed by atoms with Crippen LogP contribution in [0.4, 0.5) is 5.69 Å². The Hall–Kier alpha value is -1.32. The summed E-state index contributed by atoms with van der Waals surface area (Å²) in [6.07, 6.45) is 1.37. The third-order valence-corrected chi connectivity index (χ3v) is 7.09. The topological polar surface area (TPSA) is 91.8 Å². The van der Waals surface area contributed by atoms with Crippen LogP contribution in [0.5, 0.6) is 0 Å². The Kier molecular flexibility index (Phi) is 5.46. The molecule has 1 atom stereocenters. The van der Waals surface area contributed by atoms with Gasteiger partial charge in [-0.3, -0.25) is 9.10 Å². The molecule has 0 N–H and O–H groups in total. The van der Waals surface area contributed by atoms with Gasteiger partial charge in [-0.2, -0.15) is 0 Å². The minimum absolute atomic E-state index is 0.0439. The van der Waals surface area contributed by atoms with Gasteiger partial charge in [-0.05, 0) is 30.7 Å². The summed E-state index contributed by atoms with van der Waals surface area (Å²) < 4.78 is 48.1. The zero-order valence-corrected chi connectivity index (χ0v) is 15.7. The van der Waals surface area contributed by atoms with Gasteiger partial charge in [0.1, 0.15) is 6.54 Å². The van der Waals surface area contributed by atoms with E-state index in [2.05, 4.69) is 0 Å². The van der Waals surface area contributed by atoms with Gasteiger partial charge in [-0.25, -0.2) is 16.8 Å². The van der Waals surface area contributed by atoms with Gasteiger partial charge in [0.15, 0.2) is 9.84 Å². The van der Waals surface area contributed by atoms with Crippen LogP contribution in [0.1, 0.15) is 6.42 Å². The molecule has 1 unspecified atom stereocenters. The highest BCUT2D eigenvalue weighted by Crippen LogP contribution is 2.22. The van der Waals surface area contributed by atoms with E-state index in [0.717, 1.165) is 10.6 Å². The average molecular weight is 395 g/mol. The zero-order chi connectivity index (χ0) is 18.1. The van der Waals surface area contributed by atoms with Crippen molar-refractivity contribution in [1.29, 1.82) is 0 Å². The molecule has 1 fully saturated rings. The number of likely N-dealkylation sites (N-methyl/N-ethyl adjacent to an activating group) is 1. The van der Waals surface area contributed by atoms with E-state index < -0.39 is 38.4 Å². The van der Waals surface area contributed by atoms with Gasteiger partial charge in [-0.15, -0.1) is 0 Å². The van der Waals surface area contributed by atoms with Crippen LogP contribution in [0.3, 0.4) is 0 Å². The van der Waals surface area contributed by atoms with Crippen molar-refractivity contribution in [2.45, 2.75) is 12.5 Å². The highest BCUT2D eigenvalue weighted by Gasteiger charge is 2.34. The second-order valence-electron chi connectivity index (χ2n) is 5.81. The Morgan fingerprint density at radius 2 is 1.88 bits per heavy atom. The molecule has 1 aromatic rings. The van der Waals surface area contributed by atoms with Gasteiger partial charge in [0.25, 0.3) is 0 Å². The van der Waals surface area contributed by atoms with Gasteiger partial charge in [0, 0.05) is 18.1 Å². The minimum atomic E-state index is -3.68. The van der Waals surface area contributed by atoms with Crippen molar-refractivity contribution in [2.24, 2.45) is 0 Å². The Labute approximate surface area is 147 Å². The van der Waals surface area contributed by atoms with Gasteiger partial charge in [0.05, 0.1) is 23.4 Å². The van der Waals surface area contributed by atoms with Crippen LogP contribution < -0.4 is 4.31 Å². The van der Waals surface area contributed by atoms with Crippen LogP contribution >= 0.6 is 11.6 Å². The van der Waals surface area contributed by atoms with Crippen LogP contribution in [0.2, 0.25) is 5.02 Å². The van der Waals surface area contributed by atoms with E-state index >= 15 is 0 Å². The van der Waals surface area contributed by atoms with Crippen LogP contribution in [0.25, 0.3) is 0 Å². The molecule has 0 spiro atoms. The van der Waals surface area contributed by atoms with Crippen LogP contribution in [0, 0.1) is 0 Å². The number of hydrogen-bond donors (Lipinski definition) is 0. The van der Waals surface area contributed by atoms with Crippen molar-refractivity contribution in [1.82, 2.24) is 4.90 Å². The Bertz CT molecular complexity index is 821. The summed E-state index contributed by atoms with van der Waals surface area (Å²) in [5.74, 6) is -0.505. The molecule has 1 heterocycles. The first-order chi connectivity index (χ1) is 11.0. The maximum absolute atomic E-state index is 12.4. The van der Waals surface area contributed by atoms with Gasteiger partial charge < -0.3 is 4.90 Å². The van der Waals surface area contributed by atoms with Crippen molar-refractivity contribution in [3.8, 4) is 0 Å². The Morgan fingerprint density at radius 1 is 1.29 bits per heavy atom. The predicted molar refractivity (Wildman–Crippen MR) is 93.5 cm³/mol. The van der Waals surface area contributed by atoms with E-state index in [1.807, 2.05) is 0 Å². The van der Waals surface area contributed by atoms with E-state index in [-0.39, 0.29) is 11.5 Å². The molecule has 7 nitrogen and oxygen atoms in total. The third-order valence-electron chi connectivity index (χ3n) is 3.94. The van der Waals surface area contributed by atoms with Crippen molar-refractivity contribution >= 4 is 43.1 Å². The number of anilines is 1. The molecule has 134 valence electrons. The second kappa shape index (κ2) is 6.89. The molecule has 0 radical (unpaired) electrons. The van der Waals surface area contributed by atoms with Crippen molar-refractivity contribution < 1.29 is 21.6 Å². The summed E-state index contributed by atoms with van der Waals surface area (Å²) in [5, 5.41) is 0.451. The van der Waals surface area contributed by atoms with E-state index in [1.54, 1.807) is 0 Å². The fourth-order valence-electron chi connectivity index (χ4n) is 2.53. The molecular formula is C14H19ClN2O5S2. The molecule has 1 saturated heterocycles. The molecule has 2 rings (SSSR count). The first-order valence-electron chi connectivity index (χ1n) is 7.19. The summed E-state index contributed by atoms with van der Waals surface area (Å²) in [4.78, 5) is 13.8. The largest absolute Gasteiger partial charge is 0.340 e. The number of nitrogens with zero attached hydrogens (tertiary/aromatic N) is 2. The smallest absolute Gasteiger partial charge is 0.243 e. The van der Waals surface area contributed by atoms with Crippen molar-refractivity contribution in [3.63, 3.8) is 0 Å². The number of sulfonamides is 1. The van der Waals surface area contributed by atoms with Crippen LogP contribution in [0.15, 0.2) is 24.3 Å². The molecule has 1 aromatic carbocycles.